The highest BCUT2D eigenvalue weighted by Crippen LogP contribution is 2.11. The van der Waals surface area contributed by atoms with Gasteiger partial charge in [0.2, 0.25) is 11.8 Å². The maximum atomic E-state index is 11.0. The van der Waals surface area contributed by atoms with E-state index < -0.39 is 5.97 Å². The molecule has 0 unspecified atom stereocenters. The summed E-state index contributed by atoms with van der Waals surface area (Å²) in [7, 11) is 0. The smallest absolute Gasteiger partial charge is 0.307 e. The summed E-state index contributed by atoms with van der Waals surface area (Å²) in [6, 6.07) is 0. The molecular weight excluding hydrogens is 174 g/mol. The average Bonchev–Trinajstić information content (AvgIpc) is 2.43. The van der Waals surface area contributed by atoms with Gasteiger partial charge in [-0.1, -0.05) is 6.92 Å². The third-order valence-electron chi connectivity index (χ3n) is 1.80. The second-order valence-electron chi connectivity index (χ2n) is 2.71. The van der Waals surface area contributed by atoms with Crippen LogP contribution in [0.4, 0.5) is 0 Å². The highest BCUT2D eigenvalue weighted by molar-refractivity contribution is 6.01. The van der Waals surface area contributed by atoms with Crippen LogP contribution in [-0.4, -0.2) is 29.4 Å². The summed E-state index contributed by atoms with van der Waals surface area (Å²) >= 11 is 0. The zero-order valence-electron chi connectivity index (χ0n) is 7.41. The molecule has 0 radical (unpaired) electrons. The minimum Gasteiger partial charge on any atom is -0.444 e. The molecule has 0 spiro atoms. The van der Waals surface area contributed by atoms with Crippen molar-refractivity contribution in [2.45, 2.75) is 26.2 Å². The Morgan fingerprint density at radius 3 is 2.38 bits per heavy atom. The van der Waals surface area contributed by atoms with Crippen molar-refractivity contribution in [1.82, 2.24) is 4.90 Å². The van der Waals surface area contributed by atoms with Gasteiger partial charge in [-0.25, -0.2) is 4.90 Å². The third-order valence-corrected chi connectivity index (χ3v) is 1.80. The Hall–Kier alpha value is -1.39. The van der Waals surface area contributed by atoms with Crippen LogP contribution in [0.25, 0.3) is 0 Å². The van der Waals surface area contributed by atoms with Gasteiger partial charge in [-0.3, -0.25) is 14.4 Å². The lowest BCUT2D eigenvalue weighted by Gasteiger charge is -2.12. The van der Waals surface area contributed by atoms with E-state index in [4.69, 9.17) is 0 Å². The van der Waals surface area contributed by atoms with Gasteiger partial charge in [-0.2, -0.15) is 0 Å². The van der Waals surface area contributed by atoms with Gasteiger partial charge >= 0.3 is 5.97 Å². The first kappa shape index (κ1) is 9.70. The van der Waals surface area contributed by atoms with Crippen LogP contribution in [0.1, 0.15) is 26.2 Å². The summed E-state index contributed by atoms with van der Waals surface area (Å²) in [5.41, 5.74) is 0. The number of ether oxygens (including phenoxy) is 1. The van der Waals surface area contributed by atoms with Gasteiger partial charge in [0.15, 0.2) is 6.73 Å². The minimum absolute atomic E-state index is 0.225. The number of likely N-dealkylation sites (tertiary alicyclic amines) is 1. The highest BCUT2D eigenvalue weighted by Gasteiger charge is 2.29. The Morgan fingerprint density at radius 2 is 1.92 bits per heavy atom. The Kier molecular flexibility index (Phi) is 3.00. The summed E-state index contributed by atoms with van der Waals surface area (Å²) in [6.07, 6.45) is 0.696. The fourth-order valence-corrected chi connectivity index (χ4v) is 1.01. The Morgan fingerprint density at radius 1 is 1.38 bits per heavy atom. The predicted molar refractivity (Wildman–Crippen MR) is 42.3 cm³/mol. The fraction of sp³-hybridized carbons (Fsp3) is 0.625. The van der Waals surface area contributed by atoms with Crippen molar-refractivity contribution in [3.63, 3.8) is 0 Å². The SMILES string of the molecule is CCC(=O)OCN1C(=O)CCC1=O. The molecule has 1 heterocycles. The van der Waals surface area contributed by atoms with Crippen molar-refractivity contribution in [1.29, 1.82) is 0 Å². The van der Waals surface area contributed by atoms with Crippen molar-refractivity contribution in [3.8, 4) is 0 Å². The van der Waals surface area contributed by atoms with Crippen LogP contribution in [0, 0.1) is 0 Å². The number of carbonyl (C=O) groups excluding carboxylic acids is 3. The van der Waals surface area contributed by atoms with E-state index in [1.807, 2.05) is 0 Å². The van der Waals surface area contributed by atoms with E-state index in [1.165, 1.54) is 0 Å². The molecule has 1 aliphatic heterocycles. The number of rotatable bonds is 3. The first-order valence-electron chi connectivity index (χ1n) is 4.14. The monoisotopic (exact) mass is 185 g/mol. The van der Waals surface area contributed by atoms with Crippen molar-refractivity contribution in [3.05, 3.63) is 0 Å². The van der Waals surface area contributed by atoms with E-state index >= 15 is 0 Å². The van der Waals surface area contributed by atoms with Crippen LogP contribution in [0.2, 0.25) is 0 Å². The molecule has 2 amide bonds. The molecule has 1 rings (SSSR count). The first-order chi connectivity index (χ1) is 6.15. The summed E-state index contributed by atoms with van der Waals surface area (Å²) < 4.78 is 4.66. The largest absolute Gasteiger partial charge is 0.444 e. The number of hydrogen-bond donors (Lipinski definition) is 0. The van der Waals surface area contributed by atoms with Gasteiger partial charge < -0.3 is 4.74 Å². The Labute approximate surface area is 75.6 Å². The van der Waals surface area contributed by atoms with Crippen LogP contribution in [-0.2, 0) is 19.1 Å². The molecule has 0 aliphatic carbocycles. The molecule has 0 aromatic heterocycles. The normalized spacial score (nSPS) is 16.5. The van der Waals surface area contributed by atoms with Gasteiger partial charge in [0, 0.05) is 19.3 Å². The Balaban J connectivity index is 2.40. The lowest BCUT2D eigenvalue weighted by molar-refractivity contribution is -0.155. The molecule has 5 heteroatoms. The predicted octanol–water partition coefficient (Wildman–Crippen LogP) is 0.0461. The standard InChI is InChI=1S/C8H11NO4/c1-2-8(12)13-5-9-6(10)3-4-7(9)11/h2-5H2,1H3. The van der Waals surface area contributed by atoms with Gasteiger partial charge in [0.05, 0.1) is 0 Å². The lowest BCUT2D eigenvalue weighted by Crippen LogP contribution is -2.32. The third kappa shape index (κ3) is 2.27. The molecule has 0 aromatic carbocycles. The second kappa shape index (κ2) is 4.02. The molecule has 5 nitrogen and oxygen atoms in total. The zero-order valence-corrected chi connectivity index (χ0v) is 7.41. The molecule has 1 saturated heterocycles. The average molecular weight is 185 g/mol. The molecule has 1 fully saturated rings. The van der Waals surface area contributed by atoms with Crippen molar-refractivity contribution in [2.24, 2.45) is 0 Å². The van der Waals surface area contributed by atoms with E-state index in [0.717, 1.165) is 4.90 Å². The molecule has 1 aliphatic rings. The van der Waals surface area contributed by atoms with Crippen molar-refractivity contribution in [2.75, 3.05) is 6.73 Å². The lowest BCUT2D eigenvalue weighted by atomic mass is 10.4. The van der Waals surface area contributed by atoms with Crippen molar-refractivity contribution < 1.29 is 19.1 Å². The van der Waals surface area contributed by atoms with Gasteiger partial charge in [-0.15, -0.1) is 0 Å². The molecule has 13 heavy (non-hydrogen) atoms. The molecule has 0 atom stereocenters. The number of carbonyl (C=O) groups is 3. The molecule has 72 valence electrons. The van der Waals surface area contributed by atoms with Gasteiger partial charge in [0.25, 0.3) is 0 Å². The summed E-state index contributed by atoms with van der Waals surface area (Å²) in [4.78, 5) is 33.7. The Bertz CT molecular complexity index is 233. The van der Waals surface area contributed by atoms with Crippen molar-refractivity contribution >= 4 is 17.8 Å². The molecule has 0 aromatic rings. The first-order valence-corrected chi connectivity index (χ1v) is 4.14. The second-order valence-corrected chi connectivity index (χ2v) is 2.71. The summed E-state index contributed by atoms with van der Waals surface area (Å²) in [6.45, 7) is 1.42. The van der Waals surface area contributed by atoms with E-state index in [2.05, 4.69) is 4.74 Å². The zero-order chi connectivity index (χ0) is 9.84. The van der Waals surface area contributed by atoms with Crippen LogP contribution < -0.4 is 0 Å². The molecule has 0 saturated carbocycles. The number of hydrogen-bond acceptors (Lipinski definition) is 4. The van der Waals surface area contributed by atoms with Gasteiger partial charge in [0.1, 0.15) is 0 Å². The number of amides is 2. The van der Waals surface area contributed by atoms with Crippen LogP contribution in [0.3, 0.4) is 0 Å². The van der Waals surface area contributed by atoms with E-state index in [1.54, 1.807) is 6.92 Å². The minimum atomic E-state index is -0.410. The summed E-state index contributed by atoms with van der Waals surface area (Å²) in [5, 5.41) is 0. The van der Waals surface area contributed by atoms with Crippen LogP contribution in [0.5, 0.6) is 0 Å². The molecular formula is C8H11NO4. The van der Waals surface area contributed by atoms with Crippen LogP contribution >= 0.6 is 0 Å². The number of esters is 1. The quantitative estimate of drug-likeness (QED) is 0.460. The van der Waals surface area contributed by atoms with E-state index in [-0.39, 0.29) is 37.8 Å². The number of imide groups is 1. The highest BCUT2D eigenvalue weighted by atomic mass is 16.5. The van der Waals surface area contributed by atoms with Crippen LogP contribution in [0.15, 0.2) is 0 Å². The summed E-state index contributed by atoms with van der Waals surface area (Å²) in [5.74, 6) is -0.949. The topological polar surface area (TPSA) is 63.7 Å². The fourth-order valence-electron chi connectivity index (χ4n) is 1.01. The number of nitrogens with zero attached hydrogens (tertiary/aromatic N) is 1. The van der Waals surface area contributed by atoms with Gasteiger partial charge in [-0.05, 0) is 0 Å². The van der Waals surface area contributed by atoms with E-state index in [9.17, 15) is 14.4 Å². The maximum absolute atomic E-state index is 11.0. The maximum Gasteiger partial charge on any atom is 0.307 e. The van der Waals surface area contributed by atoms with E-state index in [0.29, 0.717) is 0 Å². The molecule has 0 N–H and O–H groups in total. The molecule has 0 bridgehead atoms.